The zero-order valence-electron chi connectivity index (χ0n) is 17.9. The van der Waals surface area contributed by atoms with Crippen LogP contribution in [0.4, 0.5) is 0 Å². The number of ether oxygens (including phenoxy) is 1. The molecule has 0 saturated carbocycles. The normalized spacial score (nSPS) is 12.1. The smallest absolute Gasteiger partial charge is 0.323 e. The molecule has 0 bridgehead atoms. The van der Waals surface area contributed by atoms with Crippen LogP contribution in [0.1, 0.15) is 37.0 Å². The van der Waals surface area contributed by atoms with Crippen LogP contribution in [0.5, 0.6) is 0 Å². The molecular formula is C27H31NO2. The van der Waals surface area contributed by atoms with Crippen molar-refractivity contribution in [1.82, 2.24) is 4.90 Å². The molecule has 0 aromatic heterocycles. The molecule has 0 unspecified atom stereocenters. The molecule has 3 rings (SSSR count). The van der Waals surface area contributed by atoms with Crippen molar-refractivity contribution < 1.29 is 9.53 Å². The van der Waals surface area contributed by atoms with Crippen LogP contribution in [0.15, 0.2) is 91.0 Å². The fourth-order valence-corrected chi connectivity index (χ4v) is 3.58. The van der Waals surface area contributed by atoms with Gasteiger partial charge >= 0.3 is 5.97 Å². The Balaban J connectivity index is 1.80. The van der Waals surface area contributed by atoms with Crippen molar-refractivity contribution in [2.24, 2.45) is 5.92 Å². The van der Waals surface area contributed by atoms with Gasteiger partial charge in [-0.05, 0) is 29.0 Å². The first-order valence-electron chi connectivity index (χ1n) is 10.6. The van der Waals surface area contributed by atoms with Crippen molar-refractivity contribution in [3.63, 3.8) is 0 Å². The molecule has 3 aromatic rings. The summed E-state index contributed by atoms with van der Waals surface area (Å²) in [6, 6.07) is 30.2. The topological polar surface area (TPSA) is 29.5 Å². The van der Waals surface area contributed by atoms with E-state index in [0.29, 0.717) is 25.6 Å². The van der Waals surface area contributed by atoms with E-state index in [9.17, 15) is 4.79 Å². The van der Waals surface area contributed by atoms with E-state index in [1.165, 1.54) is 11.1 Å². The highest BCUT2D eigenvalue weighted by molar-refractivity contribution is 5.75. The molecular weight excluding hydrogens is 370 g/mol. The van der Waals surface area contributed by atoms with Gasteiger partial charge in [0.15, 0.2) is 0 Å². The molecule has 0 amide bonds. The quantitative estimate of drug-likeness (QED) is 0.399. The molecule has 0 spiro atoms. The number of benzene rings is 3. The predicted octanol–water partition coefficient (Wildman–Crippen LogP) is 5.85. The lowest BCUT2D eigenvalue weighted by molar-refractivity contribution is -0.152. The minimum atomic E-state index is -0.297. The lowest BCUT2D eigenvalue weighted by Gasteiger charge is -2.31. The van der Waals surface area contributed by atoms with Gasteiger partial charge in [-0.3, -0.25) is 9.69 Å². The fraction of sp³-hybridized carbons (Fsp3) is 0.296. The lowest BCUT2D eigenvalue weighted by Crippen LogP contribution is -2.42. The summed E-state index contributed by atoms with van der Waals surface area (Å²) in [5.41, 5.74) is 3.39. The molecule has 0 heterocycles. The van der Waals surface area contributed by atoms with E-state index in [0.717, 1.165) is 12.0 Å². The van der Waals surface area contributed by atoms with Crippen molar-refractivity contribution >= 4 is 5.97 Å². The van der Waals surface area contributed by atoms with Crippen molar-refractivity contribution in [1.29, 1.82) is 0 Å². The van der Waals surface area contributed by atoms with E-state index in [1.54, 1.807) is 0 Å². The third-order valence-corrected chi connectivity index (χ3v) is 5.09. The van der Waals surface area contributed by atoms with Gasteiger partial charge in [0.25, 0.3) is 0 Å². The van der Waals surface area contributed by atoms with Crippen LogP contribution in [-0.2, 0) is 29.2 Å². The Kier molecular flexibility index (Phi) is 8.22. The number of nitrogens with zero attached hydrogens (tertiary/aromatic N) is 1. The summed E-state index contributed by atoms with van der Waals surface area (Å²) in [7, 11) is 0. The van der Waals surface area contributed by atoms with E-state index < -0.39 is 0 Å². The zero-order valence-corrected chi connectivity index (χ0v) is 17.9. The second-order valence-electron chi connectivity index (χ2n) is 8.11. The SMILES string of the molecule is CC(C)C[C@@H](C(=O)OCc1ccccc1)N(Cc1ccccc1)Cc1ccccc1. The molecule has 0 saturated heterocycles. The first kappa shape index (κ1) is 21.8. The summed E-state index contributed by atoms with van der Waals surface area (Å²) >= 11 is 0. The van der Waals surface area contributed by atoms with Crippen LogP contribution >= 0.6 is 0 Å². The maximum Gasteiger partial charge on any atom is 0.323 e. The highest BCUT2D eigenvalue weighted by Crippen LogP contribution is 2.20. The Labute approximate surface area is 180 Å². The highest BCUT2D eigenvalue weighted by Gasteiger charge is 2.28. The maximum absolute atomic E-state index is 13.2. The maximum atomic E-state index is 13.2. The largest absolute Gasteiger partial charge is 0.460 e. The van der Waals surface area contributed by atoms with Crippen molar-refractivity contribution in [2.45, 2.75) is 46.0 Å². The number of esters is 1. The molecule has 1 atom stereocenters. The molecule has 0 aliphatic rings. The van der Waals surface area contributed by atoms with Crippen LogP contribution < -0.4 is 0 Å². The first-order valence-corrected chi connectivity index (χ1v) is 10.6. The average Bonchev–Trinajstić information content (AvgIpc) is 2.77. The Morgan fingerprint density at radius 2 is 1.17 bits per heavy atom. The van der Waals surface area contributed by atoms with Crippen LogP contribution in [0.2, 0.25) is 0 Å². The molecule has 0 aliphatic carbocycles. The molecule has 30 heavy (non-hydrogen) atoms. The molecule has 156 valence electrons. The van der Waals surface area contributed by atoms with Gasteiger partial charge in [-0.15, -0.1) is 0 Å². The van der Waals surface area contributed by atoms with Gasteiger partial charge in [0, 0.05) is 13.1 Å². The van der Waals surface area contributed by atoms with Gasteiger partial charge in [0.05, 0.1) is 0 Å². The summed E-state index contributed by atoms with van der Waals surface area (Å²) in [6.07, 6.45) is 0.757. The monoisotopic (exact) mass is 401 g/mol. The minimum Gasteiger partial charge on any atom is -0.460 e. The van der Waals surface area contributed by atoms with E-state index in [4.69, 9.17) is 4.74 Å². The second-order valence-corrected chi connectivity index (χ2v) is 8.11. The molecule has 0 N–H and O–H groups in total. The second kappa shape index (κ2) is 11.3. The van der Waals surface area contributed by atoms with Gasteiger partial charge in [-0.1, -0.05) is 105 Å². The summed E-state index contributed by atoms with van der Waals surface area (Å²) in [6.45, 7) is 6.02. The van der Waals surface area contributed by atoms with Crippen LogP contribution in [0.3, 0.4) is 0 Å². The van der Waals surface area contributed by atoms with Gasteiger partial charge in [0.1, 0.15) is 12.6 Å². The minimum absolute atomic E-state index is 0.153. The van der Waals surface area contributed by atoms with E-state index in [-0.39, 0.29) is 12.0 Å². The fourth-order valence-electron chi connectivity index (χ4n) is 3.58. The number of hydrogen-bond acceptors (Lipinski definition) is 3. The number of carbonyl (C=O) groups excluding carboxylic acids is 1. The highest BCUT2D eigenvalue weighted by atomic mass is 16.5. The summed E-state index contributed by atoms with van der Waals surface area (Å²) in [5, 5.41) is 0. The average molecular weight is 402 g/mol. The van der Waals surface area contributed by atoms with Crippen LogP contribution in [0, 0.1) is 5.92 Å². The lowest BCUT2D eigenvalue weighted by atomic mass is 10.0. The Bertz CT molecular complexity index is 837. The third-order valence-electron chi connectivity index (χ3n) is 5.09. The van der Waals surface area contributed by atoms with Crippen LogP contribution in [-0.4, -0.2) is 16.9 Å². The van der Waals surface area contributed by atoms with Crippen molar-refractivity contribution in [2.75, 3.05) is 0 Å². The first-order chi connectivity index (χ1) is 14.6. The third kappa shape index (κ3) is 6.85. The molecule has 0 fully saturated rings. The summed E-state index contributed by atoms with van der Waals surface area (Å²) in [4.78, 5) is 15.5. The van der Waals surface area contributed by atoms with Gasteiger partial charge in [0.2, 0.25) is 0 Å². The van der Waals surface area contributed by atoms with E-state index in [2.05, 4.69) is 43.0 Å². The van der Waals surface area contributed by atoms with Crippen molar-refractivity contribution in [3.8, 4) is 0 Å². The number of hydrogen-bond donors (Lipinski definition) is 0. The van der Waals surface area contributed by atoms with Crippen LogP contribution in [0.25, 0.3) is 0 Å². The molecule has 0 radical (unpaired) electrons. The van der Waals surface area contributed by atoms with E-state index in [1.807, 2.05) is 66.7 Å². The molecule has 0 aliphatic heterocycles. The van der Waals surface area contributed by atoms with Crippen molar-refractivity contribution in [3.05, 3.63) is 108 Å². The van der Waals surface area contributed by atoms with Gasteiger partial charge in [-0.25, -0.2) is 0 Å². The Morgan fingerprint density at radius 1 is 0.733 bits per heavy atom. The van der Waals surface area contributed by atoms with Gasteiger partial charge < -0.3 is 4.74 Å². The summed E-state index contributed by atoms with van der Waals surface area (Å²) < 4.78 is 5.77. The Morgan fingerprint density at radius 3 is 1.60 bits per heavy atom. The zero-order chi connectivity index (χ0) is 21.2. The summed E-state index contributed by atoms with van der Waals surface area (Å²) in [5.74, 6) is 0.229. The predicted molar refractivity (Wildman–Crippen MR) is 122 cm³/mol. The molecule has 3 nitrogen and oxygen atoms in total. The Hall–Kier alpha value is -2.91. The van der Waals surface area contributed by atoms with Gasteiger partial charge in [-0.2, -0.15) is 0 Å². The molecule has 3 aromatic carbocycles. The number of carbonyl (C=O) groups is 1. The molecule has 3 heteroatoms. The standard InChI is InChI=1S/C27H31NO2/c1-22(2)18-26(27(29)30-21-25-16-10-5-11-17-25)28(19-23-12-6-3-7-13-23)20-24-14-8-4-9-15-24/h3-17,22,26H,18-21H2,1-2H3/t26-/m0/s1. The number of rotatable bonds is 10. The van der Waals surface area contributed by atoms with E-state index >= 15 is 0 Å².